The molecule has 1 amide bonds. The Hall–Kier alpha value is -3.46. The molecular formula is C21H22N4O5. The smallest absolute Gasteiger partial charge is 0.253 e. The molecular weight excluding hydrogens is 388 g/mol. The van der Waals surface area contributed by atoms with Gasteiger partial charge in [0.15, 0.2) is 0 Å². The van der Waals surface area contributed by atoms with E-state index < -0.39 is 16.6 Å². The molecule has 0 radical (unpaired) electrons. The molecule has 9 heteroatoms. The number of aliphatic hydroxyl groups excluding tert-OH is 1. The molecule has 1 saturated heterocycles. The van der Waals surface area contributed by atoms with E-state index in [-0.39, 0.29) is 38.8 Å². The number of hydrogen-bond acceptors (Lipinski definition) is 7. The first-order valence-corrected chi connectivity index (χ1v) is 9.76. The van der Waals surface area contributed by atoms with Gasteiger partial charge in [-0.3, -0.25) is 14.4 Å². The van der Waals surface area contributed by atoms with Gasteiger partial charge in [0.2, 0.25) is 10.9 Å². The number of nitrogens with zero attached hydrogens (tertiary/aromatic N) is 2. The zero-order chi connectivity index (χ0) is 21.4. The third-order valence-corrected chi connectivity index (χ3v) is 5.70. The highest BCUT2D eigenvalue weighted by Crippen LogP contribution is 2.18. The molecule has 9 nitrogen and oxygen atoms in total. The number of nitrogens with one attached hydrogen (secondary N) is 2. The van der Waals surface area contributed by atoms with Crippen molar-refractivity contribution in [3.8, 4) is 5.75 Å². The average molecular weight is 410 g/mol. The second-order valence-electron chi connectivity index (χ2n) is 7.55. The van der Waals surface area contributed by atoms with Gasteiger partial charge in [0.05, 0.1) is 22.6 Å². The van der Waals surface area contributed by atoms with Crippen LogP contribution < -0.4 is 21.4 Å². The molecule has 0 bridgehead atoms. The Balaban J connectivity index is 1.75. The molecule has 1 aliphatic rings. The number of hydrogen-bond donors (Lipinski definition) is 4. The SMILES string of the molecule is CN1CCCC1CCNC(=O)c1ccc(=O)c2nc3/c(=C\O)c(O)cc(=O)c3[nH]c12. The maximum Gasteiger partial charge on any atom is 0.253 e. The molecule has 0 spiro atoms. The molecule has 0 aliphatic carbocycles. The van der Waals surface area contributed by atoms with Gasteiger partial charge in [-0.15, -0.1) is 0 Å². The summed E-state index contributed by atoms with van der Waals surface area (Å²) in [4.78, 5) is 46.7. The molecule has 1 aliphatic heterocycles. The van der Waals surface area contributed by atoms with Crippen molar-refractivity contribution in [3.63, 3.8) is 0 Å². The van der Waals surface area contributed by atoms with Crippen molar-refractivity contribution in [2.75, 3.05) is 20.1 Å². The molecule has 30 heavy (non-hydrogen) atoms. The number of phenolic OH excluding ortho intramolecular Hbond substituents is 1. The predicted octanol–water partition coefficient (Wildman–Crippen LogP) is 0.371. The largest absolute Gasteiger partial charge is 0.515 e. The van der Waals surface area contributed by atoms with Crippen LogP contribution in [0.15, 0.2) is 27.8 Å². The maximum atomic E-state index is 12.8. The molecule has 3 aromatic rings. The molecule has 4 rings (SSSR count). The lowest BCUT2D eigenvalue weighted by atomic mass is 10.1. The maximum absolute atomic E-state index is 12.8. The molecule has 1 unspecified atom stereocenters. The molecule has 4 N–H and O–H groups in total. The number of likely N-dealkylation sites (tertiary alicyclic amines) is 1. The van der Waals surface area contributed by atoms with Gasteiger partial charge < -0.3 is 25.4 Å². The number of benzene rings is 2. The van der Waals surface area contributed by atoms with Crippen LogP contribution in [-0.4, -0.2) is 57.2 Å². The standard InChI is InChI=1S/C21H22N4O5/c1-25-8-2-3-11(25)6-7-22-21(30)12-4-5-14(27)19-17(12)23-20-16(29)9-15(28)13(10-26)18(20)24-19/h4-5,9-11,23,26,28H,2-3,6-8H2,1H3,(H,22,30)/b13-10-. The first kappa shape index (κ1) is 19.8. The number of aliphatic hydroxyl groups is 1. The minimum absolute atomic E-state index is 0.0205. The van der Waals surface area contributed by atoms with Crippen LogP contribution in [0.3, 0.4) is 0 Å². The summed E-state index contributed by atoms with van der Waals surface area (Å²) in [6.07, 6.45) is 3.70. The van der Waals surface area contributed by atoms with E-state index in [2.05, 4.69) is 27.2 Å². The van der Waals surface area contributed by atoms with Crippen molar-refractivity contribution in [2.24, 2.45) is 0 Å². The summed E-state index contributed by atoms with van der Waals surface area (Å²) in [6, 6.07) is 4.01. The highest BCUT2D eigenvalue weighted by atomic mass is 16.3. The number of fused-ring (bicyclic) bond motifs is 2. The first-order chi connectivity index (χ1) is 14.4. The van der Waals surface area contributed by atoms with Gasteiger partial charge in [-0.05, 0) is 45.0 Å². The number of H-pyrrole nitrogens is 1. The zero-order valence-corrected chi connectivity index (χ0v) is 16.4. The number of aromatic amines is 1. The van der Waals surface area contributed by atoms with Crippen LogP contribution in [0.2, 0.25) is 0 Å². The van der Waals surface area contributed by atoms with Crippen molar-refractivity contribution < 1.29 is 15.0 Å². The molecule has 2 heterocycles. The number of aromatic hydroxyl groups is 1. The van der Waals surface area contributed by atoms with Gasteiger partial charge in [0, 0.05) is 18.7 Å². The van der Waals surface area contributed by atoms with Crippen LogP contribution in [0.5, 0.6) is 5.75 Å². The summed E-state index contributed by atoms with van der Waals surface area (Å²) >= 11 is 0. The Morgan fingerprint density at radius 3 is 2.80 bits per heavy atom. The Bertz CT molecular complexity index is 1320. The molecule has 2 aromatic carbocycles. The number of carbonyl (C=O) groups is 1. The van der Waals surface area contributed by atoms with Crippen molar-refractivity contribution >= 4 is 34.2 Å². The van der Waals surface area contributed by atoms with Crippen LogP contribution in [0.1, 0.15) is 29.6 Å². The second kappa shape index (κ2) is 7.75. The van der Waals surface area contributed by atoms with E-state index in [0.29, 0.717) is 18.8 Å². The summed E-state index contributed by atoms with van der Waals surface area (Å²) in [5.41, 5.74) is -0.820. The Morgan fingerprint density at radius 1 is 1.30 bits per heavy atom. The molecule has 1 aromatic heterocycles. The van der Waals surface area contributed by atoms with Gasteiger partial charge in [-0.2, -0.15) is 0 Å². The summed E-state index contributed by atoms with van der Waals surface area (Å²) in [7, 11) is 2.07. The fourth-order valence-electron chi connectivity index (χ4n) is 4.04. The summed E-state index contributed by atoms with van der Waals surface area (Å²) in [5.74, 6) is -0.827. The van der Waals surface area contributed by atoms with Crippen LogP contribution in [0, 0.1) is 0 Å². The van der Waals surface area contributed by atoms with Crippen molar-refractivity contribution in [1.82, 2.24) is 20.2 Å². The fourth-order valence-corrected chi connectivity index (χ4v) is 4.04. The first-order valence-electron chi connectivity index (χ1n) is 9.76. The summed E-state index contributed by atoms with van der Waals surface area (Å²) in [6.45, 7) is 1.54. The van der Waals surface area contributed by atoms with E-state index in [9.17, 15) is 24.6 Å². The number of carbonyl (C=O) groups excluding carboxylic acids is 1. The normalized spacial score (nSPS) is 17.8. The van der Waals surface area contributed by atoms with E-state index in [1.807, 2.05) is 0 Å². The lowest BCUT2D eigenvalue weighted by molar-refractivity contribution is 0.0951. The van der Waals surface area contributed by atoms with E-state index in [0.717, 1.165) is 31.9 Å². The number of amides is 1. The second-order valence-corrected chi connectivity index (χ2v) is 7.55. The van der Waals surface area contributed by atoms with Crippen LogP contribution in [-0.2, 0) is 0 Å². The van der Waals surface area contributed by atoms with E-state index in [1.165, 1.54) is 12.1 Å². The zero-order valence-electron chi connectivity index (χ0n) is 16.4. The van der Waals surface area contributed by atoms with Crippen LogP contribution >= 0.6 is 0 Å². The molecule has 0 saturated carbocycles. The molecule has 1 fully saturated rings. The monoisotopic (exact) mass is 410 g/mol. The van der Waals surface area contributed by atoms with Gasteiger partial charge in [-0.1, -0.05) is 0 Å². The summed E-state index contributed by atoms with van der Waals surface area (Å²) < 4.78 is 0. The Kier molecular flexibility index (Phi) is 5.13. The lowest BCUT2D eigenvalue weighted by Gasteiger charge is -2.19. The third-order valence-electron chi connectivity index (χ3n) is 5.70. The third kappa shape index (κ3) is 3.37. The fraction of sp³-hybridized carbons (Fsp3) is 0.333. The Labute approximate surface area is 170 Å². The highest BCUT2D eigenvalue weighted by Gasteiger charge is 2.21. The van der Waals surface area contributed by atoms with Gasteiger partial charge in [0.25, 0.3) is 5.91 Å². The van der Waals surface area contributed by atoms with Gasteiger partial charge >= 0.3 is 0 Å². The topological polar surface area (TPSA) is 136 Å². The van der Waals surface area contributed by atoms with E-state index >= 15 is 0 Å². The summed E-state index contributed by atoms with van der Waals surface area (Å²) in [5, 5.41) is 22.1. The predicted molar refractivity (Wildman–Crippen MR) is 113 cm³/mol. The van der Waals surface area contributed by atoms with Gasteiger partial charge in [-0.25, -0.2) is 4.98 Å². The van der Waals surface area contributed by atoms with Crippen LogP contribution in [0.4, 0.5) is 0 Å². The quantitative estimate of drug-likeness (QED) is 0.456. The lowest BCUT2D eigenvalue weighted by Crippen LogP contribution is -2.32. The minimum atomic E-state index is -0.575. The molecule has 1 atom stereocenters. The Morgan fingerprint density at radius 2 is 2.10 bits per heavy atom. The minimum Gasteiger partial charge on any atom is -0.515 e. The highest BCUT2D eigenvalue weighted by molar-refractivity contribution is 6.06. The van der Waals surface area contributed by atoms with E-state index in [1.54, 1.807) is 0 Å². The van der Waals surface area contributed by atoms with Crippen molar-refractivity contribution in [3.05, 3.63) is 49.4 Å². The number of aromatic nitrogens is 2. The van der Waals surface area contributed by atoms with E-state index in [4.69, 9.17) is 0 Å². The van der Waals surface area contributed by atoms with Crippen LogP contribution in [0.25, 0.3) is 28.3 Å². The number of rotatable bonds is 4. The van der Waals surface area contributed by atoms with Gasteiger partial charge in [0.1, 0.15) is 22.3 Å². The van der Waals surface area contributed by atoms with Crippen molar-refractivity contribution in [1.29, 1.82) is 0 Å². The van der Waals surface area contributed by atoms with Crippen molar-refractivity contribution in [2.45, 2.75) is 25.3 Å². The molecule has 156 valence electrons. The number of phenols is 1. The average Bonchev–Trinajstić information content (AvgIpc) is 3.12.